The summed E-state index contributed by atoms with van der Waals surface area (Å²) in [5, 5.41) is 14.1. The lowest BCUT2D eigenvalue weighted by molar-refractivity contribution is 0.236. The molecule has 0 aromatic rings. The summed E-state index contributed by atoms with van der Waals surface area (Å²) in [4.78, 5) is 11.3. The third-order valence-corrected chi connectivity index (χ3v) is 2.48. The number of nitriles is 1. The van der Waals surface area contributed by atoms with Crippen molar-refractivity contribution >= 4 is 6.03 Å². The number of hydrogen-bond acceptors (Lipinski definition) is 2. The predicted molar refractivity (Wildman–Crippen MR) is 53.6 cm³/mol. The van der Waals surface area contributed by atoms with Gasteiger partial charge in [0.2, 0.25) is 0 Å². The molecule has 0 heterocycles. The minimum Gasteiger partial charge on any atom is -0.337 e. The molecule has 1 unspecified atom stereocenters. The average Bonchev–Trinajstić information content (AvgIpc) is 2.66. The third-order valence-electron chi connectivity index (χ3n) is 2.48. The molecule has 2 amide bonds. The number of nitrogens with zero attached hydrogens (tertiary/aromatic N) is 1. The van der Waals surface area contributed by atoms with E-state index in [1.807, 2.05) is 0 Å². The molecule has 0 aromatic heterocycles. The minimum absolute atomic E-state index is 0.121. The van der Waals surface area contributed by atoms with Crippen molar-refractivity contribution in [2.45, 2.75) is 38.6 Å². The van der Waals surface area contributed by atoms with Crippen LogP contribution in [-0.4, -0.2) is 18.6 Å². The SMILES string of the molecule is CC(C#N)CNC(=O)NC1CCCC1. The lowest BCUT2D eigenvalue weighted by atomic mass is 10.2. The molecule has 0 radical (unpaired) electrons. The van der Waals surface area contributed by atoms with Crippen LogP contribution in [-0.2, 0) is 0 Å². The van der Waals surface area contributed by atoms with E-state index in [1.165, 1.54) is 12.8 Å². The van der Waals surface area contributed by atoms with Crippen molar-refractivity contribution in [1.82, 2.24) is 10.6 Å². The summed E-state index contributed by atoms with van der Waals surface area (Å²) in [6, 6.07) is 2.27. The van der Waals surface area contributed by atoms with Gasteiger partial charge in [-0.05, 0) is 19.8 Å². The van der Waals surface area contributed by atoms with Crippen LogP contribution in [0.3, 0.4) is 0 Å². The fourth-order valence-electron chi connectivity index (χ4n) is 1.60. The summed E-state index contributed by atoms with van der Waals surface area (Å²) in [6.07, 6.45) is 4.58. The maximum Gasteiger partial charge on any atom is 0.315 e. The van der Waals surface area contributed by atoms with Crippen LogP contribution in [0.15, 0.2) is 0 Å². The zero-order valence-electron chi connectivity index (χ0n) is 8.55. The Kier molecular flexibility index (Phi) is 4.24. The number of urea groups is 1. The predicted octanol–water partition coefficient (Wildman–Crippen LogP) is 1.39. The Bertz CT molecular complexity index is 228. The molecule has 0 bridgehead atoms. The van der Waals surface area contributed by atoms with E-state index in [0.29, 0.717) is 12.6 Å². The third kappa shape index (κ3) is 3.65. The van der Waals surface area contributed by atoms with E-state index in [2.05, 4.69) is 16.7 Å². The average molecular weight is 195 g/mol. The van der Waals surface area contributed by atoms with Gasteiger partial charge in [0, 0.05) is 12.6 Å². The summed E-state index contributed by atoms with van der Waals surface area (Å²) < 4.78 is 0. The first-order valence-corrected chi connectivity index (χ1v) is 5.16. The fourth-order valence-corrected chi connectivity index (χ4v) is 1.60. The first-order valence-electron chi connectivity index (χ1n) is 5.16. The van der Waals surface area contributed by atoms with Gasteiger partial charge in [-0.1, -0.05) is 12.8 Å². The standard InChI is InChI=1S/C10H17N3O/c1-8(6-11)7-12-10(14)13-9-4-2-3-5-9/h8-9H,2-5,7H2,1H3,(H2,12,13,14). The van der Waals surface area contributed by atoms with Crippen LogP contribution in [0, 0.1) is 17.2 Å². The van der Waals surface area contributed by atoms with Gasteiger partial charge in [0.25, 0.3) is 0 Å². The normalized spacial score (nSPS) is 18.6. The summed E-state index contributed by atoms with van der Waals surface area (Å²) in [7, 11) is 0. The van der Waals surface area contributed by atoms with Crippen molar-refractivity contribution in [1.29, 1.82) is 5.26 Å². The molecule has 0 aliphatic heterocycles. The first-order chi connectivity index (χ1) is 6.72. The van der Waals surface area contributed by atoms with Crippen LogP contribution in [0.1, 0.15) is 32.6 Å². The molecule has 4 nitrogen and oxygen atoms in total. The molecule has 1 fully saturated rings. The second kappa shape index (κ2) is 5.48. The van der Waals surface area contributed by atoms with E-state index in [4.69, 9.17) is 5.26 Å². The molecule has 0 aromatic carbocycles. The van der Waals surface area contributed by atoms with Crippen LogP contribution in [0.25, 0.3) is 0 Å². The number of carbonyl (C=O) groups excluding carboxylic acids is 1. The fraction of sp³-hybridized carbons (Fsp3) is 0.800. The van der Waals surface area contributed by atoms with Crippen molar-refractivity contribution in [3.05, 3.63) is 0 Å². The van der Waals surface area contributed by atoms with E-state index in [9.17, 15) is 4.79 Å². The summed E-state index contributed by atoms with van der Waals surface area (Å²) >= 11 is 0. The highest BCUT2D eigenvalue weighted by atomic mass is 16.2. The van der Waals surface area contributed by atoms with Gasteiger partial charge >= 0.3 is 6.03 Å². The highest BCUT2D eigenvalue weighted by molar-refractivity contribution is 5.74. The van der Waals surface area contributed by atoms with E-state index in [1.54, 1.807) is 6.92 Å². The van der Waals surface area contributed by atoms with Gasteiger partial charge in [0.05, 0.1) is 12.0 Å². The Morgan fingerprint density at radius 1 is 1.57 bits per heavy atom. The van der Waals surface area contributed by atoms with Crippen molar-refractivity contribution in [2.75, 3.05) is 6.54 Å². The van der Waals surface area contributed by atoms with E-state index in [-0.39, 0.29) is 11.9 Å². The lowest BCUT2D eigenvalue weighted by Crippen LogP contribution is -2.42. The topological polar surface area (TPSA) is 64.9 Å². The molecule has 14 heavy (non-hydrogen) atoms. The quantitative estimate of drug-likeness (QED) is 0.714. The van der Waals surface area contributed by atoms with Gasteiger partial charge in [-0.3, -0.25) is 0 Å². The summed E-state index contributed by atoms with van der Waals surface area (Å²) in [5.74, 6) is -0.121. The van der Waals surface area contributed by atoms with Crippen LogP contribution < -0.4 is 10.6 Å². The molecule has 0 spiro atoms. The lowest BCUT2D eigenvalue weighted by Gasteiger charge is -2.13. The van der Waals surface area contributed by atoms with Gasteiger partial charge < -0.3 is 10.6 Å². The Labute approximate surface area is 84.7 Å². The number of hydrogen-bond donors (Lipinski definition) is 2. The Hall–Kier alpha value is -1.24. The highest BCUT2D eigenvalue weighted by Crippen LogP contribution is 2.17. The van der Waals surface area contributed by atoms with Crippen molar-refractivity contribution in [2.24, 2.45) is 5.92 Å². The van der Waals surface area contributed by atoms with Gasteiger partial charge in [-0.25, -0.2) is 4.79 Å². The Morgan fingerprint density at radius 2 is 2.21 bits per heavy atom. The van der Waals surface area contributed by atoms with Crippen LogP contribution >= 0.6 is 0 Å². The van der Waals surface area contributed by atoms with Crippen molar-refractivity contribution in [3.63, 3.8) is 0 Å². The van der Waals surface area contributed by atoms with Crippen LogP contribution in [0.5, 0.6) is 0 Å². The zero-order chi connectivity index (χ0) is 10.4. The van der Waals surface area contributed by atoms with Gasteiger partial charge in [-0.2, -0.15) is 5.26 Å². The molecule has 0 saturated heterocycles. The van der Waals surface area contributed by atoms with E-state index in [0.717, 1.165) is 12.8 Å². The van der Waals surface area contributed by atoms with Crippen LogP contribution in [0.4, 0.5) is 4.79 Å². The van der Waals surface area contributed by atoms with Gasteiger partial charge in [0.1, 0.15) is 0 Å². The molecule has 1 aliphatic carbocycles. The molecular weight excluding hydrogens is 178 g/mol. The molecule has 1 atom stereocenters. The molecule has 78 valence electrons. The molecule has 1 saturated carbocycles. The number of carbonyl (C=O) groups is 1. The maximum absolute atomic E-state index is 11.3. The smallest absolute Gasteiger partial charge is 0.315 e. The Morgan fingerprint density at radius 3 is 2.79 bits per heavy atom. The van der Waals surface area contributed by atoms with Crippen molar-refractivity contribution in [3.8, 4) is 6.07 Å². The second-order valence-corrected chi connectivity index (χ2v) is 3.87. The molecule has 4 heteroatoms. The molecule has 1 rings (SSSR count). The molecule has 1 aliphatic rings. The molecular formula is C10H17N3O. The summed E-state index contributed by atoms with van der Waals surface area (Å²) in [6.45, 7) is 2.21. The minimum atomic E-state index is -0.140. The zero-order valence-corrected chi connectivity index (χ0v) is 8.55. The second-order valence-electron chi connectivity index (χ2n) is 3.87. The van der Waals surface area contributed by atoms with Gasteiger partial charge in [0.15, 0.2) is 0 Å². The summed E-state index contributed by atoms with van der Waals surface area (Å²) in [5.41, 5.74) is 0. The first kappa shape index (κ1) is 10.8. The monoisotopic (exact) mass is 195 g/mol. The largest absolute Gasteiger partial charge is 0.337 e. The maximum atomic E-state index is 11.3. The highest BCUT2D eigenvalue weighted by Gasteiger charge is 2.16. The number of nitrogens with one attached hydrogen (secondary N) is 2. The number of amides is 2. The van der Waals surface area contributed by atoms with E-state index < -0.39 is 0 Å². The van der Waals surface area contributed by atoms with E-state index >= 15 is 0 Å². The number of rotatable bonds is 3. The van der Waals surface area contributed by atoms with Crippen molar-refractivity contribution < 1.29 is 4.79 Å². The Balaban J connectivity index is 2.12. The van der Waals surface area contributed by atoms with Crippen LogP contribution in [0.2, 0.25) is 0 Å². The van der Waals surface area contributed by atoms with Gasteiger partial charge in [-0.15, -0.1) is 0 Å². The molecule has 2 N–H and O–H groups in total.